The van der Waals surface area contributed by atoms with Crippen molar-refractivity contribution in [3.8, 4) is 5.75 Å². The van der Waals surface area contributed by atoms with Gasteiger partial charge in [0, 0.05) is 11.6 Å². The van der Waals surface area contributed by atoms with E-state index in [9.17, 15) is 19.7 Å². The van der Waals surface area contributed by atoms with Gasteiger partial charge in [-0.25, -0.2) is 9.59 Å². The van der Waals surface area contributed by atoms with Gasteiger partial charge in [-0.3, -0.25) is 10.1 Å². The number of aryl methyl sites for hydroxylation is 1. The average Bonchev–Trinajstić information content (AvgIpc) is 2.66. The normalized spacial score (nSPS) is 10.4. The highest BCUT2D eigenvalue weighted by Crippen LogP contribution is 2.28. The molecule has 0 bridgehead atoms. The molecule has 0 amide bonds. The molecule has 7 heteroatoms. The van der Waals surface area contributed by atoms with Gasteiger partial charge in [0.1, 0.15) is 11.3 Å². The van der Waals surface area contributed by atoms with Crippen LogP contribution in [0.5, 0.6) is 5.75 Å². The molecule has 136 valence electrons. The molecule has 0 aliphatic heterocycles. The summed E-state index contributed by atoms with van der Waals surface area (Å²) in [6, 6.07) is 14.4. The molecule has 0 atom stereocenters. The number of fused-ring (bicyclic) bond motifs is 1. The molecule has 0 spiro atoms. The van der Waals surface area contributed by atoms with E-state index in [1.165, 1.54) is 19.2 Å². The van der Waals surface area contributed by atoms with Crippen molar-refractivity contribution in [2.24, 2.45) is 0 Å². The second-order valence-corrected chi connectivity index (χ2v) is 5.83. The summed E-state index contributed by atoms with van der Waals surface area (Å²) in [4.78, 5) is 35.1. The number of nitro benzene ring substituents is 1. The van der Waals surface area contributed by atoms with Crippen molar-refractivity contribution in [1.29, 1.82) is 0 Å². The van der Waals surface area contributed by atoms with E-state index in [0.29, 0.717) is 5.56 Å². The van der Waals surface area contributed by atoms with Gasteiger partial charge in [-0.1, -0.05) is 30.3 Å². The van der Waals surface area contributed by atoms with Crippen molar-refractivity contribution in [2.45, 2.75) is 6.92 Å². The predicted molar refractivity (Wildman–Crippen MR) is 98.1 cm³/mol. The third kappa shape index (κ3) is 3.62. The van der Waals surface area contributed by atoms with Gasteiger partial charge in [0.15, 0.2) is 0 Å². The number of methoxy groups -OCH3 is 1. The highest BCUT2D eigenvalue weighted by atomic mass is 16.6. The number of ether oxygens (including phenoxy) is 2. The molecule has 0 aliphatic rings. The second-order valence-electron chi connectivity index (χ2n) is 5.83. The Morgan fingerprint density at radius 3 is 2.26 bits per heavy atom. The van der Waals surface area contributed by atoms with Crippen LogP contribution in [0.3, 0.4) is 0 Å². The molecule has 0 heterocycles. The quantitative estimate of drug-likeness (QED) is 0.299. The van der Waals surface area contributed by atoms with Gasteiger partial charge in [0.05, 0.1) is 17.6 Å². The van der Waals surface area contributed by atoms with E-state index in [4.69, 9.17) is 9.47 Å². The number of rotatable bonds is 4. The molecule has 3 rings (SSSR count). The number of nitrogens with zero attached hydrogens (tertiary/aromatic N) is 1. The van der Waals surface area contributed by atoms with Crippen LogP contribution in [0.4, 0.5) is 5.69 Å². The minimum Gasteiger partial charge on any atom is -0.465 e. The Bertz CT molecular complexity index is 1070. The zero-order valence-electron chi connectivity index (χ0n) is 14.6. The third-order valence-electron chi connectivity index (χ3n) is 4.10. The molecule has 3 aromatic rings. The first-order chi connectivity index (χ1) is 12.9. The first kappa shape index (κ1) is 18.1. The van der Waals surface area contributed by atoms with Crippen molar-refractivity contribution in [2.75, 3.05) is 7.11 Å². The summed E-state index contributed by atoms with van der Waals surface area (Å²) in [7, 11) is 1.23. The number of carbonyl (C=O) groups is 2. The lowest BCUT2D eigenvalue weighted by Gasteiger charge is -2.11. The van der Waals surface area contributed by atoms with Crippen LogP contribution in [0.25, 0.3) is 10.8 Å². The first-order valence-corrected chi connectivity index (χ1v) is 7.99. The van der Waals surface area contributed by atoms with Gasteiger partial charge in [-0.2, -0.15) is 0 Å². The lowest BCUT2D eigenvalue weighted by Crippen LogP contribution is -2.13. The van der Waals surface area contributed by atoms with Crippen LogP contribution in [0.1, 0.15) is 26.3 Å². The molecular weight excluding hydrogens is 350 g/mol. The highest BCUT2D eigenvalue weighted by Gasteiger charge is 2.20. The van der Waals surface area contributed by atoms with Gasteiger partial charge >= 0.3 is 11.9 Å². The maximum absolute atomic E-state index is 12.5. The van der Waals surface area contributed by atoms with Gasteiger partial charge in [0.2, 0.25) is 0 Å². The molecule has 0 fully saturated rings. The van der Waals surface area contributed by atoms with Gasteiger partial charge < -0.3 is 9.47 Å². The number of benzene rings is 3. The fraction of sp³-hybridized carbons (Fsp3) is 0.100. The summed E-state index contributed by atoms with van der Waals surface area (Å²) in [5.41, 5.74) is 0.344. The zero-order chi connectivity index (χ0) is 19.6. The van der Waals surface area contributed by atoms with E-state index in [-0.39, 0.29) is 22.6 Å². The number of carbonyl (C=O) groups excluding carboxylic acids is 2. The summed E-state index contributed by atoms with van der Waals surface area (Å²) < 4.78 is 10.1. The predicted octanol–water partition coefficient (Wildman–Crippen LogP) is 4.06. The minimum absolute atomic E-state index is 0.0104. The fourth-order valence-corrected chi connectivity index (χ4v) is 2.67. The van der Waals surface area contributed by atoms with Crippen molar-refractivity contribution < 1.29 is 24.0 Å². The molecule has 0 radical (unpaired) electrons. The smallest absolute Gasteiger partial charge is 0.343 e. The van der Waals surface area contributed by atoms with Crippen molar-refractivity contribution in [3.63, 3.8) is 0 Å². The minimum atomic E-state index is -0.807. The van der Waals surface area contributed by atoms with Gasteiger partial charge in [-0.05, 0) is 35.9 Å². The Hall–Kier alpha value is -3.74. The van der Waals surface area contributed by atoms with E-state index in [1.807, 2.05) is 24.3 Å². The molecule has 0 saturated heterocycles. The summed E-state index contributed by atoms with van der Waals surface area (Å²) in [5, 5.41) is 12.6. The van der Waals surface area contributed by atoms with Gasteiger partial charge in [0.25, 0.3) is 5.69 Å². The fourth-order valence-electron chi connectivity index (χ4n) is 2.67. The molecule has 0 unspecified atom stereocenters. The van der Waals surface area contributed by atoms with E-state index < -0.39 is 16.9 Å². The molecular formula is C20H15NO6. The zero-order valence-corrected chi connectivity index (χ0v) is 14.6. The van der Waals surface area contributed by atoms with Crippen LogP contribution in [0.15, 0.2) is 54.6 Å². The highest BCUT2D eigenvalue weighted by molar-refractivity contribution is 6.01. The molecule has 3 aromatic carbocycles. The van der Waals surface area contributed by atoms with Crippen LogP contribution >= 0.6 is 0 Å². The molecule has 0 saturated carbocycles. The number of hydrogen-bond donors (Lipinski definition) is 0. The maximum atomic E-state index is 12.5. The summed E-state index contributed by atoms with van der Waals surface area (Å²) in [6.45, 7) is 1.58. The van der Waals surface area contributed by atoms with Crippen molar-refractivity contribution >= 4 is 28.4 Å². The van der Waals surface area contributed by atoms with Crippen LogP contribution in [-0.4, -0.2) is 24.0 Å². The maximum Gasteiger partial charge on any atom is 0.343 e. The largest absolute Gasteiger partial charge is 0.465 e. The van der Waals surface area contributed by atoms with Crippen LogP contribution in [-0.2, 0) is 4.74 Å². The van der Waals surface area contributed by atoms with E-state index >= 15 is 0 Å². The summed E-state index contributed by atoms with van der Waals surface area (Å²) in [6.07, 6.45) is 0. The summed E-state index contributed by atoms with van der Waals surface area (Å²) in [5.74, 6) is -1.44. The lowest BCUT2D eigenvalue weighted by molar-refractivity contribution is -0.385. The molecule has 0 aliphatic carbocycles. The van der Waals surface area contributed by atoms with Crippen LogP contribution in [0, 0.1) is 17.0 Å². The summed E-state index contributed by atoms with van der Waals surface area (Å²) >= 11 is 0. The lowest BCUT2D eigenvalue weighted by atomic mass is 10.1. The average molecular weight is 365 g/mol. The third-order valence-corrected chi connectivity index (χ3v) is 4.10. The number of hydrogen-bond acceptors (Lipinski definition) is 6. The van der Waals surface area contributed by atoms with Crippen LogP contribution < -0.4 is 4.74 Å². The van der Waals surface area contributed by atoms with E-state index in [1.54, 1.807) is 19.1 Å². The Balaban J connectivity index is 2.02. The Morgan fingerprint density at radius 2 is 1.63 bits per heavy atom. The van der Waals surface area contributed by atoms with Crippen molar-refractivity contribution in [3.05, 3.63) is 81.4 Å². The van der Waals surface area contributed by atoms with Crippen molar-refractivity contribution in [1.82, 2.24) is 0 Å². The monoisotopic (exact) mass is 365 g/mol. The Morgan fingerprint density at radius 1 is 0.963 bits per heavy atom. The number of esters is 2. The standard InChI is InChI=1S/C20H15NO6/c1-12-7-8-15(10-17(12)21(24)25)19(22)27-18-11-14-6-4-3-5-13(14)9-16(18)20(23)26-2/h3-11H,1-2H3. The van der Waals surface area contributed by atoms with E-state index in [0.717, 1.165) is 16.8 Å². The SMILES string of the molecule is COC(=O)c1cc2ccccc2cc1OC(=O)c1ccc(C)c([N+](=O)[O-])c1. The second kappa shape index (κ2) is 7.25. The Labute approximate surface area is 154 Å². The number of nitro groups is 1. The Kier molecular flexibility index (Phi) is 4.85. The molecule has 27 heavy (non-hydrogen) atoms. The van der Waals surface area contributed by atoms with Gasteiger partial charge in [-0.15, -0.1) is 0 Å². The molecule has 7 nitrogen and oxygen atoms in total. The van der Waals surface area contributed by atoms with E-state index in [2.05, 4.69) is 0 Å². The van der Waals surface area contributed by atoms with Crippen LogP contribution in [0.2, 0.25) is 0 Å². The molecule has 0 N–H and O–H groups in total. The molecule has 0 aromatic heterocycles. The first-order valence-electron chi connectivity index (χ1n) is 7.99. The topological polar surface area (TPSA) is 95.7 Å².